The third-order valence-electron chi connectivity index (χ3n) is 7.51. The van der Waals surface area contributed by atoms with Crippen LogP contribution in [-0.2, 0) is 29.3 Å². The normalized spacial score (nSPS) is 13.5. The Morgan fingerprint density at radius 3 is 1.27 bits per heavy atom. The van der Waals surface area contributed by atoms with Crippen LogP contribution in [0.3, 0.4) is 0 Å². The molecule has 0 amide bonds. The maximum atomic E-state index is 11.7. The van der Waals surface area contributed by atoms with Crippen LogP contribution in [0.2, 0.25) is 0 Å². The summed E-state index contributed by atoms with van der Waals surface area (Å²) in [5, 5.41) is 0. The summed E-state index contributed by atoms with van der Waals surface area (Å²) in [6.07, 6.45) is 16.4. The van der Waals surface area contributed by atoms with E-state index in [1.54, 1.807) is 0 Å². The number of aryl methyl sites for hydroxylation is 2. The van der Waals surface area contributed by atoms with Crippen LogP contribution in [0.4, 0.5) is 0 Å². The Bertz CT molecular complexity index is 1030. The Labute approximate surface area is 237 Å². The number of nitrogens with zero attached hydrogens (tertiary/aromatic N) is 2. The second kappa shape index (κ2) is 16.8. The number of unbranched alkanes of at least 4 members (excludes halogenated alkanes) is 6. The van der Waals surface area contributed by atoms with Gasteiger partial charge in [-0.1, -0.05) is 90.5 Å². The molecule has 0 fully saturated rings. The average Bonchev–Trinajstić information content (AvgIpc) is 3.18. The van der Waals surface area contributed by atoms with Gasteiger partial charge in [0.25, 0.3) is 0 Å². The number of benzene rings is 2. The van der Waals surface area contributed by atoms with E-state index in [0.29, 0.717) is 0 Å². The van der Waals surface area contributed by atoms with Crippen molar-refractivity contribution in [1.29, 1.82) is 0 Å². The van der Waals surface area contributed by atoms with Crippen molar-refractivity contribution >= 4 is 11.4 Å². The van der Waals surface area contributed by atoms with E-state index >= 15 is 0 Å². The van der Waals surface area contributed by atoms with Crippen LogP contribution in [0.1, 0.15) is 127 Å². The third kappa shape index (κ3) is 8.51. The van der Waals surface area contributed by atoms with Gasteiger partial charge in [-0.05, 0) is 86.8 Å². The topological polar surface area (TPSA) is 25.3 Å². The second-order valence-electron chi connectivity index (χ2n) is 10.5. The fourth-order valence-electron chi connectivity index (χ4n) is 5.29. The van der Waals surface area contributed by atoms with Crippen molar-refractivity contribution in [3.8, 4) is 0 Å². The van der Waals surface area contributed by atoms with Crippen LogP contribution in [0.15, 0.2) is 59.7 Å². The van der Waals surface area contributed by atoms with Gasteiger partial charge >= 0.3 is 0 Å². The number of rotatable bonds is 16. The van der Waals surface area contributed by atoms with Crippen LogP contribution in [0.5, 0.6) is 0 Å². The number of hydrogen-bond donors (Lipinski definition) is 0. The van der Waals surface area contributed by atoms with Gasteiger partial charge in [-0.15, -0.1) is 0 Å². The minimum Gasteiger partial charge on any atom is -0.493 e. The monoisotopic (exact) mass is 542 g/mol. The molecular weight excluding hydrogens is 495 g/mol. The molecule has 2 aromatic rings. The van der Waals surface area contributed by atoms with E-state index in [0.717, 1.165) is 61.0 Å². The van der Waals surface area contributed by atoms with Gasteiger partial charge in [0.05, 0.1) is 0 Å². The molecule has 0 N–H and O–H groups in total. The van der Waals surface area contributed by atoms with E-state index in [1.165, 1.54) is 78.3 Å². The first-order chi connectivity index (χ1) is 17.6. The molecule has 0 spiro atoms. The molecule has 2 nitrogen and oxygen atoms in total. The van der Waals surface area contributed by atoms with Crippen molar-refractivity contribution in [3.05, 3.63) is 87.5 Å². The largest absolute Gasteiger partial charge is 0.493 e. The van der Waals surface area contributed by atoms with Gasteiger partial charge in [-0.25, -0.2) is 4.70 Å². The van der Waals surface area contributed by atoms with E-state index in [4.69, 9.17) is 0 Å². The average molecular weight is 543 g/mol. The molecule has 37 heavy (non-hydrogen) atoms. The van der Waals surface area contributed by atoms with Crippen LogP contribution in [0.25, 0.3) is 16.9 Å². The maximum absolute atomic E-state index is 11.7. The summed E-state index contributed by atoms with van der Waals surface area (Å²) in [5.74, 6) is 0. The Kier molecular flexibility index (Phi) is 14.2. The summed E-state index contributed by atoms with van der Waals surface area (Å²) in [6.45, 7) is 9.01. The molecule has 3 heteroatoms. The minimum atomic E-state index is 0. The fourth-order valence-corrected chi connectivity index (χ4v) is 5.29. The van der Waals surface area contributed by atoms with Crippen LogP contribution >= 0.6 is 0 Å². The number of hydrogen-bond acceptors (Lipinski definition) is 0. The predicted molar refractivity (Wildman–Crippen MR) is 156 cm³/mol. The molecule has 0 unspecified atom stereocenters. The zero-order chi connectivity index (χ0) is 25.8. The van der Waals surface area contributed by atoms with Crippen molar-refractivity contribution in [1.82, 2.24) is 0 Å². The van der Waals surface area contributed by atoms with Gasteiger partial charge in [-0.2, -0.15) is 0 Å². The van der Waals surface area contributed by atoms with Crippen LogP contribution < -0.4 is 0 Å². The molecule has 0 saturated carbocycles. The summed E-state index contributed by atoms with van der Waals surface area (Å²) in [4.78, 5) is 0. The van der Waals surface area contributed by atoms with Crippen molar-refractivity contribution in [3.63, 3.8) is 0 Å². The third-order valence-corrected chi connectivity index (χ3v) is 7.51. The molecule has 0 aliphatic carbocycles. The molecule has 0 radical (unpaired) electrons. The Hall–Kier alpha value is -1.99. The molecule has 0 atom stereocenters. The quantitative estimate of drug-likeness (QED) is 0.114. The van der Waals surface area contributed by atoms with Crippen molar-refractivity contribution in [2.75, 3.05) is 0 Å². The molecule has 0 bridgehead atoms. The zero-order valence-electron chi connectivity index (χ0n) is 23.7. The standard InChI is InChI=1S/C34H48N2.Ni/c1-5-9-13-14-18-32-31(17-12-8-4)33(29-23-19-27(20-24-29)15-10-6-2)36(35)34(32)30-25-21-28(22-26-30)16-11-7-3;/h19-26H,5-18H2,1-4H3;. The molecular formula is C34H48N2Ni. The van der Waals surface area contributed by atoms with Gasteiger partial charge in [-0.3, -0.25) is 0 Å². The summed E-state index contributed by atoms with van der Waals surface area (Å²) < 4.78 is 1.53. The molecule has 0 aromatic heterocycles. The number of allylic oxidation sites excluding steroid dienone is 2. The van der Waals surface area contributed by atoms with Gasteiger partial charge in [0.1, 0.15) is 0 Å². The molecule has 0 saturated heterocycles. The molecule has 1 heterocycles. The molecule has 2 aromatic carbocycles. The van der Waals surface area contributed by atoms with Crippen LogP contribution in [0, 0.1) is 0 Å². The SMILES string of the molecule is CCCCCCC1=C(c2ccc(CCCC)cc2)[N+](=[N-])C(c2ccc(CCCC)cc2)=C1CCCC.[Ni]. The summed E-state index contributed by atoms with van der Waals surface area (Å²) in [7, 11) is 0. The van der Waals surface area contributed by atoms with Crippen molar-refractivity contribution in [2.24, 2.45) is 0 Å². The fraction of sp³-hybridized carbons (Fsp3) is 0.529. The van der Waals surface area contributed by atoms with Crippen LogP contribution in [-0.4, -0.2) is 4.70 Å². The predicted octanol–water partition coefficient (Wildman–Crippen LogP) is 10.7. The van der Waals surface area contributed by atoms with Crippen molar-refractivity contribution in [2.45, 2.75) is 118 Å². The van der Waals surface area contributed by atoms with Gasteiger partial charge in [0.15, 0.2) is 0 Å². The Balaban J connectivity index is 0.00000481. The van der Waals surface area contributed by atoms with E-state index in [-0.39, 0.29) is 16.5 Å². The Morgan fingerprint density at radius 2 is 0.865 bits per heavy atom. The molecule has 204 valence electrons. The minimum absolute atomic E-state index is 0. The van der Waals surface area contributed by atoms with E-state index < -0.39 is 0 Å². The Morgan fingerprint density at radius 1 is 0.486 bits per heavy atom. The smallest absolute Gasteiger partial charge is 0.211 e. The summed E-state index contributed by atoms with van der Waals surface area (Å²) in [6, 6.07) is 17.9. The van der Waals surface area contributed by atoms with E-state index in [1.807, 2.05) is 0 Å². The molecule has 3 rings (SSSR count). The first kappa shape index (κ1) is 31.2. The van der Waals surface area contributed by atoms with Gasteiger partial charge < -0.3 is 5.53 Å². The first-order valence-electron chi connectivity index (χ1n) is 14.8. The first-order valence-corrected chi connectivity index (χ1v) is 14.8. The van der Waals surface area contributed by atoms with E-state index in [2.05, 4.69) is 76.2 Å². The van der Waals surface area contributed by atoms with Gasteiger partial charge in [0, 0.05) is 38.8 Å². The van der Waals surface area contributed by atoms with E-state index in [9.17, 15) is 5.53 Å². The zero-order valence-corrected chi connectivity index (χ0v) is 24.7. The van der Waals surface area contributed by atoms with Gasteiger partial charge in [0.2, 0.25) is 11.4 Å². The molecule has 1 aliphatic rings. The van der Waals surface area contributed by atoms with Crippen molar-refractivity contribution < 1.29 is 21.2 Å². The maximum Gasteiger partial charge on any atom is 0.211 e. The summed E-state index contributed by atoms with van der Waals surface area (Å²) >= 11 is 0. The second-order valence-corrected chi connectivity index (χ2v) is 10.5. The molecule has 1 aliphatic heterocycles. The summed E-state index contributed by atoms with van der Waals surface area (Å²) in [5.41, 5.74) is 21.5.